The number of thioether (sulfide) groups is 1. The van der Waals surface area contributed by atoms with E-state index < -0.39 is 0 Å². The molecule has 0 saturated carbocycles. The van der Waals surface area contributed by atoms with Crippen molar-refractivity contribution < 1.29 is 5.11 Å². The zero-order valence-corrected chi connectivity index (χ0v) is 10.5. The Morgan fingerprint density at radius 2 is 2.31 bits per heavy atom. The van der Waals surface area contributed by atoms with E-state index in [-0.39, 0.29) is 12.6 Å². The lowest BCUT2D eigenvalue weighted by Gasteiger charge is -2.17. The van der Waals surface area contributed by atoms with Crippen LogP contribution in [0.25, 0.3) is 0 Å². The van der Waals surface area contributed by atoms with Crippen molar-refractivity contribution in [3.05, 3.63) is 29.8 Å². The minimum Gasteiger partial charge on any atom is -0.395 e. The third kappa shape index (κ3) is 2.59. The SMILES string of the molecule is CCC(CO)NCC1CSc2ccccc21. The molecule has 0 spiro atoms. The number of aliphatic hydroxyl groups excluding tert-OH is 1. The largest absolute Gasteiger partial charge is 0.395 e. The van der Waals surface area contributed by atoms with Crippen molar-refractivity contribution in [1.29, 1.82) is 0 Å². The summed E-state index contributed by atoms with van der Waals surface area (Å²) in [6, 6.07) is 8.88. The highest BCUT2D eigenvalue weighted by Gasteiger charge is 2.22. The molecule has 88 valence electrons. The van der Waals surface area contributed by atoms with Gasteiger partial charge in [0.1, 0.15) is 0 Å². The van der Waals surface area contributed by atoms with Gasteiger partial charge in [0.2, 0.25) is 0 Å². The van der Waals surface area contributed by atoms with Crippen LogP contribution >= 0.6 is 11.8 Å². The van der Waals surface area contributed by atoms with Crippen LogP contribution in [0.1, 0.15) is 24.8 Å². The van der Waals surface area contributed by atoms with Gasteiger partial charge in [-0.1, -0.05) is 25.1 Å². The maximum absolute atomic E-state index is 9.13. The van der Waals surface area contributed by atoms with Crippen molar-refractivity contribution in [1.82, 2.24) is 5.32 Å². The first-order valence-electron chi connectivity index (χ1n) is 5.91. The standard InChI is InChI=1S/C13H19NOS/c1-2-11(8-15)14-7-10-9-16-13-6-4-3-5-12(10)13/h3-6,10-11,14-15H,2,7-9H2,1H3. The molecule has 1 aromatic rings. The van der Waals surface area contributed by atoms with E-state index in [4.69, 9.17) is 5.11 Å². The van der Waals surface area contributed by atoms with Gasteiger partial charge in [-0.15, -0.1) is 11.8 Å². The normalized spacial score (nSPS) is 20.8. The number of rotatable bonds is 5. The van der Waals surface area contributed by atoms with Crippen LogP contribution in [0, 0.1) is 0 Å². The number of nitrogens with one attached hydrogen (secondary N) is 1. The van der Waals surface area contributed by atoms with Crippen LogP contribution in [0.3, 0.4) is 0 Å². The molecule has 0 fully saturated rings. The van der Waals surface area contributed by atoms with Gasteiger partial charge < -0.3 is 10.4 Å². The summed E-state index contributed by atoms with van der Waals surface area (Å²) in [6.07, 6.45) is 0.984. The molecule has 0 amide bonds. The fourth-order valence-corrected chi connectivity index (χ4v) is 3.30. The molecular formula is C13H19NOS. The van der Waals surface area contributed by atoms with Gasteiger partial charge >= 0.3 is 0 Å². The monoisotopic (exact) mass is 237 g/mol. The Morgan fingerprint density at radius 1 is 1.50 bits per heavy atom. The molecule has 0 aromatic heterocycles. The highest BCUT2D eigenvalue weighted by atomic mass is 32.2. The number of hydrogen-bond donors (Lipinski definition) is 2. The Labute approximate surface area is 101 Å². The quantitative estimate of drug-likeness (QED) is 0.824. The topological polar surface area (TPSA) is 32.3 Å². The van der Waals surface area contributed by atoms with Crippen molar-refractivity contribution in [3.8, 4) is 0 Å². The van der Waals surface area contributed by atoms with E-state index in [0.717, 1.165) is 18.7 Å². The first-order chi connectivity index (χ1) is 7.85. The first-order valence-corrected chi connectivity index (χ1v) is 6.89. The van der Waals surface area contributed by atoms with Crippen molar-refractivity contribution in [2.45, 2.75) is 30.2 Å². The van der Waals surface area contributed by atoms with Gasteiger partial charge in [0.05, 0.1) is 6.61 Å². The Bertz CT molecular complexity index is 338. The minimum atomic E-state index is 0.234. The van der Waals surface area contributed by atoms with E-state index in [1.54, 1.807) is 0 Å². The molecule has 3 heteroatoms. The number of hydrogen-bond acceptors (Lipinski definition) is 3. The van der Waals surface area contributed by atoms with Gasteiger partial charge in [0.25, 0.3) is 0 Å². The van der Waals surface area contributed by atoms with Crippen LogP contribution in [0.5, 0.6) is 0 Å². The highest BCUT2D eigenvalue weighted by Crippen LogP contribution is 2.38. The minimum absolute atomic E-state index is 0.234. The molecule has 2 N–H and O–H groups in total. The zero-order valence-electron chi connectivity index (χ0n) is 9.65. The fourth-order valence-electron chi connectivity index (χ4n) is 2.05. The van der Waals surface area contributed by atoms with Crippen LogP contribution in [0.4, 0.5) is 0 Å². The van der Waals surface area contributed by atoms with E-state index in [1.165, 1.54) is 10.5 Å². The number of benzene rings is 1. The van der Waals surface area contributed by atoms with E-state index in [0.29, 0.717) is 5.92 Å². The molecule has 0 saturated heterocycles. The molecule has 1 heterocycles. The summed E-state index contributed by atoms with van der Waals surface area (Å²) in [6.45, 7) is 3.31. The lowest BCUT2D eigenvalue weighted by atomic mass is 10.0. The molecule has 2 rings (SSSR count). The fraction of sp³-hybridized carbons (Fsp3) is 0.538. The van der Waals surface area contributed by atoms with E-state index in [9.17, 15) is 0 Å². The summed E-state index contributed by atoms with van der Waals surface area (Å²) >= 11 is 1.94. The first kappa shape index (κ1) is 12.0. The predicted octanol–water partition coefficient (Wildman–Crippen LogP) is 2.24. The molecule has 1 aliphatic rings. The number of fused-ring (bicyclic) bond motifs is 1. The second-order valence-electron chi connectivity index (χ2n) is 4.24. The average molecular weight is 237 g/mol. The summed E-state index contributed by atoms with van der Waals surface area (Å²) in [7, 11) is 0. The summed E-state index contributed by atoms with van der Waals surface area (Å²) < 4.78 is 0. The zero-order chi connectivity index (χ0) is 11.4. The Hall–Kier alpha value is -0.510. The Balaban J connectivity index is 1.93. The molecule has 2 nitrogen and oxygen atoms in total. The summed E-state index contributed by atoms with van der Waals surface area (Å²) in [5, 5.41) is 12.6. The van der Waals surface area contributed by atoms with Gasteiger partial charge in [-0.25, -0.2) is 0 Å². The molecule has 2 unspecified atom stereocenters. The van der Waals surface area contributed by atoms with Crippen molar-refractivity contribution >= 4 is 11.8 Å². The maximum Gasteiger partial charge on any atom is 0.0584 e. The second-order valence-corrected chi connectivity index (χ2v) is 5.30. The van der Waals surface area contributed by atoms with Crippen LogP contribution in [-0.4, -0.2) is 30.1 Å². The van der Waals surface area contributed by atoms with E-state index in [2.05, 4.69) is 36.5 Å². The molecule has 1 aromatic carbocycles. The Kier molecular flexibility index (Phi) is 4.27. The van der Waals surface area contributed by atoms with Crippen LogP contribution < -0.4 is 5.32 Å². The lowest BCUT2D eigenvalue weighted by Crippen LogP contribution is -2.35. The van der Waals surface area contributed by atoms with Crippen LogP contribution in [-0.2, 0) is 0 Å². The van der Waals surface area contributed by atoms with Crippen molar-refractivity contribution in [3.63, 3.8) is 0 Å². The average Bonchev–Trinajstić information content (AvgIpc) is 2.74. The predicted molar refractivity (Wildman–Crippen MR) is 69.1 cm³/mol. The number of aliphatic hydroxyl groups is 1. The molecular weight excluding hydrogens is 218 g/mol. The third-order valence-corrected chi connectivity index (χ3v) is 4.42. The van der Waals surface area contributed by atoms with Gasteiger partial charge in [-0.2, -0.15) is 0 Å². The molecule has 0 bridgehead atoms. The van der Waals surface area contributed by atoms with Crippen LogP contribution in [0.15, 0.2) is 29.2 Å². The van der Waals surface area contributed by atoms with Crippen LogP contribution in [0.2, 0.25) is 0 Å². The molecule has 0 radical (unpaired) electrons. The highest BCUT2D eigenvalue weighted by molar-refractivity contribution is 7.99. The summed E-state index contributed by atoms with van der Waals surface area (Å²) in [4.78, 5) is 1.42. The van der Waals surface area contributed by atoms with Gasteiger partial charge in [0, 0.05) is 29.2 Å². The van der Waals surface area contributed by atoms with Crippen molar-refractivity contribution in [2.75, 3.05) is 18.9 Å². The van der Waals surface area contributed by atoms with Gasteiger partial charge in [-0.3, -0.25) is 0 Å². The lowest BCUT2D eigenvalue weighted by molar-refractivity contribution is 0.238. The summed E-state index contributed by atoms with van der Waals surface area (Å²) in [5.74, 6) is 1.76. The summed E-state index contributed by atoms with van der Waals surface area (Å²) in [5.41, 5.74) is 1.47. The maximum atomic E-state index is 9.13. The Morgan fingerprint density at radius 3 is 3.06 bits per heavy atom. The molecule has 0 aliphatic carbocycles. The van der Waals surface area contributed by atoms with Gasteiger partial charge in [0.15, 0.2) is 0 Å². The molecule has 16 heavy (non-hydrogen) atoms. The third-order valence-electron chi connectivity index (χ3n) is 3.16. The molecule has 1 aliphatic heterocycles. The second kappa shape index (κ2) is 5.71. The van der Waals surface area contributed by atoms with Crippen molar-refractivity contribution in [2.24, 2.45) is 0 Å². The van der Waals surface area contributed by atoms with E-state index >= 15 is 0 Å². The van der Waals surface area contributed by atoms with Gasteiger partial charge in [-0.05, 0) is 18.1 Å². The molecule has 2 atom stereocenters. The smallest absolute Gasteiger partial charge is 0.0584 e. The van der Waals surface area contributed by atoms with E-state index in [1.807, 2.05) is 11.8 Å².